The van der Waals surface area contributed by atoms with Crippen molar-refractivity contribution in [3.63, 3.8) is 0 Å². The van der Waals surface area contributed by atoms with Gasteiger partial charge in [0.2, 0.25) is 5.91 Å². The van der Waals surface area contributed by atoms with Crippen LogP contribution in [0.15, 0.2) is 28.7 Å². The molecule has 0 radical (unpaired) electrons. The van der Waals surface area contributed by atoms with Gasteiger partial charge in [0, 0.05) is 23.6 Å². The Bertz CT molecular complexity index is 427. The lowest BCUT2D eigenvalue weighted by molar-refractivity contribution is -0.131. The molecule has 1 unspecified atom stereocenters. The number of rotatable bonds is 5. The van der Waals surface area contributed by atoms with Crippen LogP contribution in [0.1, 0.15) is 31.7 Å². The van der Waals surface area contributed by atoms with Crippen LogP contribution in [0.4, 0.5) is 0 Å². The maximum Gasteiger partial charge on any atom is 0.236 e. The molecule has 1 fully saturated rings. The zero-order valence-corrected chi connectivity index (χ0v) is 13.7. The van der Waals surface area contributed by atoms with Crippen LogP contribution >= 0.6 is 15.9 Å². The summed E-state index contributed by atoms with van der Waals surface area (Å²) in [4.78, 5) is 14.0. The Morgan fingerprint density at radius 2 is 1.90 bits per heavy atom. The number of amides is 1. The van der Waals surface area contributed by atoms with Crippen molar-refractivity contribution in [1.82, 2.24) is 10.2 Å². The average Bonchev–Trinajstić information content (AvgIpc) is 2.48. The fraction of sp³-hybridized carbons (Fsp3) is 0.562. The molecule has 1 aromatic carbocycles. The number of nitrogens with one attached hydrogen (secondary N) is 1. The fourth-order valence-electron chi connectivity index (χ4n) is 2.56. The molecule has 0 saturated carbocycles. The highest BCUT2D eigenvalue weighted by Gasteiger charge is 2.16. The summed E-state index contributed by atoms with van der Waals surface area (Å²) in [6.07, 6.45) is 4.51. The Kier molecular flexibility index (Phi) is 6.05. The summed E-state index contributed by atoms with van der Waals surface area (Å²) < 4.78 is 1.10. The molecule has 1 heterocycles. The molecule has 3 nitrogen and oxygen atoms in total. The van der Waals surface area contributed by atoms with Crippen LogP contribution in [-0.4, -0.2) is 36.5 Å². The Labute approximate surface area is 129 Å². The monoisotopic (exact) mass is 338 g/mol. The standard InChI is InChI=1S/C16H23BrN2O/c1-13(11-14-5-7-15(17)8-6-14)18-12-16(20)19-9-3-2-4-10-19/h5-8,13,18H,2-4,9-12H2,1H3. The molecule has 1 aromatic rings. The molecule has 2 rings (SSSR count). The minimum atomic E-state index is 0.243. The third-order valence-corrected chi connectivity index (χ3v) is 4.29. The largest absolute Gasteiger partial charge is 0.342 e. The number of benzene rings is 1. The Morgan fingerprint density at radius 1 is 1.25 bits per heavy atom. The van der Waals surface area contributed by atoms with E-state index in [1.54, 1.807) is 0 Å². The van der Waals surface area contributed by atoms with Gasteiger partial charge in [-0.1, -0.05) is 28.1 Å². The first-order valence-electron chi connectivity index (χ1n) is 7.41. The Balaban J connectivity index is 1.72. The van der Waals surface area contributed by atoms with Gasteiger partial charge >= 0.3 is 0 Å². The predicted molar refractivity (Wildman–Crippen MR) is 85.7 cm³/mol. The van der Waals surface area contributed by atoms with E-state index in [4.69, 9.17) is 0 Å². The zero-order chi connectivity index (χ0) is 14.4. The average molecular weight is 339 g/mol. The van der Waals surface area contributed by atoms with Crippen molar-refractivity contribution in [2.24, 2.45) is 0 Å². The normalized spacial score (nSPS) is 17.0. The van der Waals surface area contributed by atoms with Crippen LogP contribution in [0.2, 0.25) is 0 Å². The van der Waals surface area contributed by atoms with Gasteiger partial charge in [-0.15, -0.1) is 0 Å². The second kappa shape index (κ2) is 7.79. The van der Waals surface area contributed by atoms with Gasteiger partial charge in [-0.3, -0.25) is 4.79 Å². The van der Waals surface area contributed by atoms with E-state index in [2.05, 4.69) is 52.4 Å². The van der Waals surface area contributed by atoms with E-state index >= 15 is 0 Å². The van der Waals surface area contributed by atoms with Crippen LogP contribution in [0.5, 0.6) is 0 Å². The summed E-state index contributed by atoms with van der Waals surface area (Å²) in [5.74, 6) is 0.243. The molecule has 1 amide bonds. The SMILES string of the molecule is CC(Cc1ccc(Br)cc1)NCC(=O)N1CCCCC1. The van der Waals surface area contributed by atoms with Gasteiger partial charge in [-0.2, -0.15) is 0 Å². The summed E-state index contributed by atoms with van der Waals surface area (Å²) in [5.41, 5.74) is 1.29. The molecule has 4 heteroatoms. The molecule has 0 aromatic heterocycles. The summed E-state index contributed by atoms with van der Waals surface area (Å²) in [6.45, 7) is 4.45. The van der Waals surface area contributed by atoms with Crippen molar-refractivity contribution in [1.29, 1.82) is 0 Å². The van der Waals surface area contributed by atoms with Gasteiger partial charge in [0.25, 0.3) is 0 Å². The minimum absolute atomic E-state index is 0.243. The highest BCUT2D eigenvalue weighted by Crippen LogP contribution is 2.12. The number of carbonyl (C=O) groups excluding carboxylic acids is 1. The summed E-state index contributed by atoms with van der Waals surface area (Å²) >= 11 is 3.44. The molecule has 1 N–H and O–H groups in total. The molecule has 0 spiro atoms. The second-order valence-electron chi connectivity index (χ2n) is 5.55. The predicted octanol–water partition coefficient (Wildman–Crippen LogP) is 2.98. The van der Waals surface area contributed by atoms with E-state index in [9.17, 15) is 4.79 Å². The van der Waals surface area contributed by atoms with Crippen molar-refractivity contribution in [2.45, 2.75) is 38.6 Å². The lowest BCUT2D eigenvalue weighted by atomic mass is 10.1. The van der Waals surface area contributed by atoms with E-state index < -0.39 is 0 Å². The third-order valence-electron chi connectivity index (χ3n) is 3.77. The minimum Gasteiger partial charge on any atom is -0.342 e. The van der Waals surface area contributed by atoms with E-state index in [1.807, 2.05) is 4.90 Å². The molecule has 1 saturated heterocycles. The van der Waals surface area contributed by atoms with Crippen molar-refractivity contribution in [2.75, 3.05) is 19.6 Å². The molecule has 1 atom stereocenters. The molecule has 20 heavy (non-hydrogen) atoms. The number of halogens is 1. The Morgan fingerprint density at radius 3 is 2.55 bits per heavy atom. The first-order valence-corrected chi connectivity index (χ1v) is 8.20. The number of hydrogen-bond donors (Lipinski definition) is 1. The number of likely N-dealkylation sites (tertiary alicyclic amines) is 1. The van der Waals surface area contributed by atoms with Crippen molar-refractivity contribution < 1.29 is 4.79 Å². The molecule has 0 bridgehead atoms. The number of piperidine rings is 1. The summed E-state index contributed by atoms with van der Waals surface area (Å²) in [6, 6.07) is 8.66. The van der Waals surface area contributed by atoms with Gasteiger partial charge in [-0.25, -0.2) is 0 Å². The lowest BCUT2D eigenvalue weighted by Crippen LogP contribution is -2.43. The molecular weight excluding hydrogens is 316 g/mol. The van der Waals surface area contributed by atoms with E-state index in [0.29, 0.717) is 12.6 Å². The molecular formula is C16H23BrN2O. The van der Waals surface area contributed by atoms with Crippen LogP contribution in [0, 0.1) is 0 Å². The van der Waals surface area contributed by atoms with Gasteiger partial charge in [0.15, 0.2) is 0 Å². The summed E-state index contributed by atoms with van der Waals surface area (Å²) in [5, 5.41) is 3.34. The molecule has 110 valence electrons. The van der Waals surface area contributed by atoms with Crippen LogP contribution in [-0.2, 0) is 11.2 Å². The maximum absolute atomic E-state index is 12.1. The first-order chi connectivity index (χ1) is 9.65. The van der Waals surface area contributed by atoms with Crippen LogP contribution in [0.3, 0.4) is 0 Å². The zero-order valence-electron chi connectivity index (χ0n) is 12.1. The molecule has 1 aliphatic rings. The highest BCUT2D eigenvalue weighted by molar-refractivity contribution is 9.10. The van der Waals surface area contributed by atoms with Gasteiger partial charge in [-0.05, 0) is 50.3 Å². The third kappa shape index (κ3) is 4.91. The summed E-state index contributed by atoms with van der Waals surface area (Å²) in [7, 11) is 0. The topological polar surface area (TPSA) is 32.3 Å². The lowest BCUT2D eigenvalue weighted by Gasteiger charge is -2.27. The van der Waals surface area contributed by atoms with Gasteiger partial charge in [0.1, 0.15) is 0 Å². The molecule has 1 aliphatic heterocycles. The maximum atomic E-state index is 12.1. The second-order valence-corrected chi connectivity index (χ2v) is 6.47. The number of hydrogen-bond acceptors (Lipinski definition) is 2. The quantitative estimate of drug-likeness (QED) is 0.895. The van der Waals surface area contributed by atoms with Crippen molar-refractivity contribution in [3.05, 3.63) is 34.3 Å². The van der Waals surface area contributed by atoms with E-state index in [1.165, 1.54) is 12.0 Å². The van der Waals surface area contributed by atoms with Crippen molar-refractivity contribution in [3.8, 4) is 0 Å². The van der Waals surface area contributed by atoms with Gasteiger partial charge in [0.05, 0.1) is 6.54 Å². The first kappa shape index (κ1) is 15.5. The fourth-order valence-corrected chi connectivity index (χ4v) is 2.83. The number of carbonyl (C=O) groups is 1. The van der Waals surface area contributed by atoms with Crippen molar-refractivity contribution >= 4 is 21.8 Å². The molecule has 0 aliphatic carbocycles. The smallest absolute Gasteiger partial charge is 0.236 e. The van der Waals surface area contributed by atoms with E-state index in [-0.39, 0.29) is 5.91 Å². The van der Waals surface area contributed by atoms with Crippen LogP contribution in [0.25, 0.3) is 0 Å². The van der Waals surface area contributed by atoms with Crippen LogP contribution < -0.4 is 5.32 Å². The van der Waals surface area contributed by atoms with E-state index in [0.717, 1.165) is 36.8 Å². The Hall–Kier alpha value is -0.870. The van der Waals surface area contributed by atoms with Gasteiger partial charge < -0.3 is 10.2 Å². The highest BCUT2D eigenvalue weighted by atomic mass is 79.9. The number of nitrogens with zero attached hydrogens (tertiary/aromatic N) is 1.